The molecule has 1 N–H and O–H groups in total. The molecule has 4 rings (SSSR count). The summed E-state index contributed by atoms with van der Waals surface area (Å²) < 4.78 is 5.60. The molecule has 0 saturated heterocycles. The summed E-state index contributed by atoms with van der Waals surface area (Å²) in [5.74, 6) is -0.103. The Labute approximate surface area is 191 Å². The molecule has 32 heavy (non-hydrogen) atoms. The minimum Gasteiger partial charge on any atom is -0.483 e. The maximum Gasteiger partial charge on any atom is 0.261 e. The third-order valence-corrected chi connectivity index (χ3v) is 6.26. The van der Waals surface area contributed by atoms with Gasteiger partial charge >= 0.3 is 0 Å². The van der Waals surface area contributed by atoms with Gasteiger partial charge in [-0.1, -0.05) is 42.5 Å². The summed E-state index contributed by atoms with van der Waals surface area (Å²) in [6, 6.07) is 17.3. The number of rotatable bonds is 7. The maximum absolute atomic E-state index is 12.9. The van der Waals surface area contributed by atoms with Gasteiger partial charge in [-0.3, -0.25) is 19.8 Å². The number of ether oxygens (including phenoxy) is 1. The molecule has 1 aliphatic heterocycles. The standard InChI is InChI=1S/C24H26N4O3S/c1-27(2)22(29)16-31-20-11-7-6-10-18(20)23(30)26-24-25-19-12-13-28(15-21(19)32-24)14-17-8-4-3-5-9-17/h3-11H,12-16H2,1-2H3,(H,25,26,30). The van der Waals surface area contributed by atoms with Crippen LogP contribution in [0.3, 0.4) is 0 Å². The van der Waals surface area contributed by atoms with Gasteiger partial charge in [0.05, 0.1) is 11.3 Å². The molecule has 0 aliphatic carbocycles. The van der Waals surface area contributed by atoms with Crippen molar-refractivity contribution >= 4 is 28.3 Å². The van der Waals surface area contributed by atoms with Gasteiger partial charge in [-0.15, -0.1) is 11.3 Å². The van der Waals surface area contributed by atoms with E-state index in [0.717, 1.165) is 31.7 Å². The number of nitrogens with zero attached hydrogens (tertiary/aromatic N) is 3. The zero-order valence-electron chi connectivity index (χ0n) is 18.2. The van der Waals surface area contributed by atoms with Crippen LogP contribution in [0.4, 0.5) is 5.13 Å². The third-order valence-electron chi connectivity index (χ3n) is 5.26. The van der Waals surface area contributed by atoms with E-state index < -0.39 is 0 Å². The minimum absolute atomic E-state index is 0.125. The number of carbonyl (C=O) groups is 2. The Morgan fingerprint density at radius 1 is 1.12 bits per heavy atom. The fraction of sp³-hybridized carbons (Fsp3) is 0.292. The summed E-state index contributed by atoms with van der Waals surface area (Å²) in [6.45, 7) is 2.54. The van der Waals surface area contributed by atoms with Gasteiger partial charge in [0, 0.05) is 45.0 Å². The molecule has 0 radical (unpaired) electrons. The van der Waals surface area contributed by atoms with E-state index in [4.69, 9.17) is 4.74 Å². The van der Waals surface area contributed by atoms with Crippen molar-refractivity contribution in [3.63, 3.8) is 0 Å². The van der Waals surface area contributed by atoms with Gasteiger partial charge in [-0.25, -0.2) is 4.98 Å². The number of nitrogens with one attached hydrogen (secondary N) is 1. The number of hydrogen-bond donors (Lipinski definition) is 1. The molecule has 2 aromatic carbocycles. The Morgan fingerprint density at radius 3 is 2.66 bits per heavy atom. The van der Waals surface area contributed by atoms with E-state index in [-0.39, 0.29) is 18.4 Å². The van der Waals surface area contributed by atoms with Gasteiger partial charge in [-0.2, -0.15) is 0 Å². The zero-order chi connectivity index (χ0) is 22.5. The summed E-state index contributed by atoms with van der Waals surface area (Å²) in [6.07, 6.45) is 0.862. The predicted octanol–water partition coefficient (Wildman–Crippen LogP) is 3.42. The first-order valence-corrected chi connectivity index (χ1v) is 11.3. The highest BCUT2D eigenvalue weighted by Gasteiger charge is 2.22. The number of benzene rings is 2. The largest absolute Gasteiger partial charge is 0.483 e. The molecule has 7 nitrogen and oxygen atoms in total. The lowest BCUT2D eigenvalue weighted by Gasteiger charge is -2.25. The summed E-state index contributed by atoms with van der Waals surface area (Å²) in [7, 11) is 3.32. The van der Waals surface area contributed by atoms with Crippen molar-refractivity contribution in [2.45, 2.75) is 19.5 Å². The highest BCUT2D eigenvalue weighted by atomic mass is 32.1. The van der Waals surface area contributed by atoms with Crippen LogP contribution in [0.25, 0.3) is 0 Å². The molecular formula is C24H26N4O3S. The van der Waals surface area contributed by atoms with E-state index in [1.54, 1.807) is 38.4 Å². The van der Waals surface area contributed by atoms with Crippen LogP contribution in [0.15, 0.2) is 54.6 Å². The number of hydrogen-bond acceptors (Lipinski definition) is 6. The predicted molar refractivity (Wildman–Crippen MR) is 125 cm³/mol. The molecule has 0 saturated carbocycles. The lowest BCUT2D eigenvalue weighted by Crippen LogP contribution is -2.29. The van der Waals surface area contributed by atoms with Crippen LogP contribution in [0.2, 0.25) is 0 Å². The third kappa shape index (κ3) is 5.33. The topological polar surface area (TPSA) is 74.8 Å². The number of thiazole rings is 1. The van der Waals surface area contributed by atoms with Crippen molar-refractivity contribution < 1.29 is 14.3 Å². The SMILES string of the molecule is CN(C)C(=O)COc1ccccc1C(=O)Nc1nc2c(s1)CN(Cc1ccccc1)CC2. The Bertz CT molecular complexity index is 1100. The summed E-state index contributed by atoms with van der Waals surface area (Å²) in [5, 5.41) is 3.49. The fourth-order valence-electron chi connectivity index (χ4n) is 3.49. The molecule has 0 bridgehead atoms. The van der Waals surface area contributed by atoms with Crippen LogP contribution >= 0.6 is 11.3 Å². The van der Waals surface area contributed by atoms with Crippen LogP contribution in [0, 0.1) is 0 Å². The van der Waals surface area contributed by atoms with E-state index in [1.807, 2.05) is 6.07 Å². The average molecular weight is 451 g/mol. The average Bonchev–Trinajstić information content (AvgIpc) is 3.19. The smallest absolute Gasteiger partial charge is 0.261 e. The van der Waals surface area contributed by atoms with Gasteiger partial charge in [0.25, 0.3) is 11.8 Å². The summed E-state index contributed by atoms with van der Waals surface area (Å²) in [4.78, 5) is 34.4. The number of carbonyl (C=O) groups excluding carboxylic acids is 2. The Morgan fingerprint density at radius 2 is 1.88 bits per heavy atom. The van der Waals surface area contributed by atoms with Crippen molar-refractivity contribution in [1.82, 2.24) is 14.8 Å². The van der Waals surface area contributed by atoms with Crippen LogP contribution in [-0.2, 0) is 24.3 Å². The van der Waals surface area contributed by atoms with Gasteiger partial charge < -0.3 is 9.64 Å². The Balaban J connectivity index is 1.41. The molecule has 1 aromatic heterocycles. The van der Waals surface area contributed by atoms with Crippen molar-refractivity contribution in [2.75, 3.05) is 32.6 Å². The molecule has 0 spiro atoms. The van der Waals surface area contributed by atoms with Crippen molar-refractivity contribution in [2.24, 2.45) is 0 Å². The van der Waals surface area contributed by atoms with E-state index in [2.05, 4.69) is 39.5 Å². The highest BCUT2D eigenvalue weighted by molar-refractivity contribution is 7.15. The van der Waals surface area contributed by atoms with E-state index in [1.165, 1.54) is 26.7 Å². The summed E-state index contributed by atoms with van der Waals surface area (Å²) in [5.41, 5.74) is 2.71. The molecule has 0 atom stereocenters. The molecule has 8 heteroatoms. The van der Waals surface area contributed by atoms with Crippen LogP contribution in [-0.4, -0.2) is 53.8 Å². The first-order valence-electron chi connectivity index (χ1n) is 10.5. The number of amides is 2. The van der Waals surface area contributed by atoms with Crippen molar-refractivity contribution in [3.05, 3.63) is 76.3 Å². The van der Waals surface area contributed by atoms with Crippen molar-refractivity contribution in [1.29, 1.82) is 0 Å². The first-order chi connectivity index (χ1) is 15.5. The number of anilines is 1. The molecule has 3 aromatic rings. The second-order valence-electron chi connectivity index (χ2n) is 7.86. The van der Waals surface area contributed by atoms with E-state index in [0.29, 0.717) is 16.4 Å². The summed E-state index contributed by atoms with van der Waals surface area (Å²) >= 11 is 1.51. The van der Waals surface area contributed by atoms with E-state index >= 15 is 0 Å². The van der Waals surface area contributed by atoms with Crippen LogP contribution < -0.4 is 10.1 Å². The number of likely N-dealkylation sites (N-methyl/N-ethyl adjacent to an activating group) is 1. The Kier molecular flexibility index (Phi) is 6.82. The fourth-order valence-corrected chi connectivity index (χ4v) is 4.54. The molecule has 1 aliphatic rings. The van der Waals surface area contributed by atoms with Crippen LogP contribution in [0.5, 0.6) is 5.75 Å². The second kappa shape index (κ2) is 9.93. The van der Waals surface area contributed by atoms with Gasteiger partial charge in [0.2, 0.25) is 0 Å². The Hall–Kier alpha value is -3.23. The maximum atomic E-state index is 12.9. The zero-order valence-corrected chi connectivity index (χ0v) is 19.0. The van der Waals surface area contributed by atoms with Crippen LogP contribution in [0.1, 0.15) is 26.5 Å². The van der Waals surface area contributed by atoms with Gasteiger partial charge in [0.15, 0.2) is 11.7 Å². The van der Waals surface area contributed by atoms with Gasteiger partial charge in [0.1, 0.15) is 5.75 Å². The first kappa shape index (κ1) is 22.0. The molecule has 2 heterocycles. The lowest BCUT2D eigenvalue weighted by molar-refractivity contribution is -0.130. The molecule has 166 valence electrons. The van der Waals surface area contributed by atoms with Gasteiger partial charge in [-0.05, 0) is 17.7 Å². The molecular weight excluding hydrogens is 424 g/mol. The number of fused-ring (bicyclic) bond motifs is 1. The van der Waals surface area contributed by atoms with E-state index in [9.17, 15) is 9.59 Å². The van der Waals surface area contributed by atoms with Crippen molar-refractivity contribution in [3.8, 4) is 5.75 Å². The molecule has 2 amide bonds. The number of para-hydroxylation sites is 1. The molecule has 0 fully saturated rings. The quantitative estimate of drug-likeness (QED) is 0.597. The minimum atomic E-state index is -0.301. The molecule has 0 unspecified atom stereocenters. The normalized spacial score (nSPS) is 13.3. The number of aromatic nitrogens is 1. The lowest BCUT2D eigenvalue weighted by atomic mass is 10.1. The second-order valence-corrected chi connectivity index (χ2v) is 8.95. The highest BCUT2D eigenvalue weighted by Crippen LogP contribution is 2.30. The monoisotopic (exact) mass is 450 g/mol.